The van der Waals surface area contributed by atoms with Crippen LogP contribution in [-0.2, 0) is 6.42 Å². The predicted molar refractivity (Wildman–Crippen MR) is 163 cm³/mol. The Balaban J connectivity index is 1.18. The van der Waals surface area contributed by atoms with Crippen LogP contribution in [0.2, 0.25) is 0 Å². The topological polar surface area (TPSA) is 95.0 Å². The van der Waals surface area contributed by atoms with Gasteiger partial charge in [-0.3, -0.25) is 19.8 Å². The quantitative estimate of drug-likeness (QED) is 0.332. The van der Waals surface area contributed by atoms with Crippen molar-refractivity contribution >= 4 is 28.3 Å². The van der Waals surface area contributed by atoms with E-state index < -0.39 is 0 Å². The summed E-state index contributed by atoms with van der Waals surface area (Å²) in [6.07, 6.45) is 7.30. The van der Waals surface area contributed by atoms with Gasteiger partial charge in [0.2, 0.25) is 0 Å². The van der Waals surface area contributed by atoms with Crippen LogP contribution in [0.3, 0.4) is 0 Å². The molecule has 9 heteroatoms. The number of aliphatic hydroxyl groups excluding tert-OH is 1. The zero-order valence-corrected chi connectivity index (χ0v) is 24.8. The lowest BCUT2D eigenvalue weighted by molar-refractivity contribution is 0.0537. The number of carbonyl (C=O) groups is 2. The molecule has 3 heterocycles. The summed E-state index contributed by atoms with van der Waals surface area (Å²) in [6, 6.07) is 13.7. The third kappa shape index (κ3) is 6.80. The Morgan fingerprint density at radius 1 is 1.07 bits per heavy atom. The van der Waals surface area contributed by atoms with E-state index in [9.17, 15) is 14.7 Å². The Kier molecular flexibility index (Phi) is 9.69. The first-order valence-electron chi connectivity index (χ1n) is 14.7. The van der Waals surface area contributed by atoms with Crippen molar-refractivity contribution < 1.29 is 19.4 Å². The van der Waals surface area contributed by atoms with Crippen LogP contribution in [-0.4, -0.2) is 77.1 Å². The van der Waals surface area contributed by atoms with Gasteiger partial charge in [0.1, 0.15) is 5.75 Å². The Bertz CT molecular complexity index is 1330. The summed E-state index contributed by atoms with van der Waals surface area (Å²) in [4.78, 5) is 35.1. The molecule has 0 saturated carbocycles. The number of likely N-dealkylation sites (tertiary alicyclic amines) is 2. The van der Waals surface area contributed by atoms with Crippen molar-refractivity contribution in [3.05, 3.63) is 64.5 Å². The number of anilines is 1. The Hall–Kier alpha value is -3.27. The number of methoxy groups -OCH3 is 1. The molecule has 2 aliphatic rings. The second-order valence-corrected chi connectivity index (χ2v) is 11.8. The molecule has 41 heavy (non-hydrogen) atoms. The third-order valence-corrected chi connectivity index (χ3v) is 9.09. The average molecular weight is 577 g/mol. The molecule has 2 aromatic carbocycles. The van der Waals surface area contributed by atoms with Crippen LogP contribution in [0.5, 0.6) is 5.75 Å². The molecule has 0 bridgehead atoms. The SMILES string of the molecule is CCCCc1ccc(OC)c(-c2csc(NC(=O)c3ccc(C(=O)N4CCC(N5CCCC5CO)CC4)cc3)n2)c1. The molecule has 1 aromatic heterocycles. The summed E-state index contributed by atoms with van der Waals surface area (Å²) in [5, 5.41) is 15.0. The second kappa shape index (κ2) is 13.6. The smallest absolute Gasteiger partial charge is 0.257 e. The molecule has 2 fully saturated rings. The number of rotatable bonds is 10. The number of aryl methyl sites for hydroxylation is 1. The number of thiazole rings is 1. The molecule has 2 saturated heterocycles. The van der Waals surface area contributed by atoms with E-state index in [-0.39, 0.29) is 24.5 Å². The summed E-state index contributed by atoms with van der Waals surface area (Å²) in [6.45, 7) is 4.84. The standard InChI is InChI=1S/C32H40N4O4S/c1-3-4-6-22-8-13-29(40-2)27(19-22)28-21-41-32(33-28)34-30(38)23-9-11-24(12-10-23)31(39)35-17-14-25(15-18-35)36-16-5-7-26(36)20-37/h8-13,19,21,25-26,37H,3-7,14-18,20H2,1-2H3,(H,33,34,38). The van der Waals surface area contributed by atoms with Gasteiger partial charge in [-0.2, -0.15) is 0 Å². The van der Waals surface area contributed by atoms with Gasteiger partial charge in [-0.1, -0.05) is 19.4 Å². The van der Waals surface area contributed by atoms with Crippen molar-refractivity contribution in [1.29, 1.82) is 0 Å². The van der Waals surface area contributed by atoms with E-state index in [1.54, 1.807) is 31.4 Å². The number of benzene rings is 2. The van der Waals surface area contributed by atoms with Crippen LogP contribution < -0.4 is 10.1 Å². The van der Waals surface area contributed by atoms with Gasteiger partial charge in [0.15, 0.2) is 5.13 Å². The lowest BCUT2D eigenvalue weighted by Crippen LogP contribution is -2.49. The van der Waals surface area contributed by atoms with Crippen LogP contribution >= 0.6 is 11.3 Å². The largest absolute Gasteiger partial charge is 0.496 e. The number of hydrogen-bond acceptors (Lipinski definition) is 7. The minimum atomic E-state index is -0.265. The van der Waals surface area contributed by atoms with E-state index in [4.69, 9.17) is 4.74 Å². The molecule has 2 amide bonds. The van der Waals surface area contributed by atoms with Gasteiger partial charge < -0.3 is 14.7 Å². The first-order chi connectivity index (χ1) is 20.0. The van der Waals surface area contributed by atoms with Crippen LogP contribution in [0.15, 0.2) is 47.8 Å². The number of aromatic nitrogens is 1. The normalized spacial score (nSPS) is 18.0. The molecule has 5 rings (SSSR count). The number of nitrogens with one attached hydrogen (secondary N) is 1. The van der Waals surface area contributed by atoms with Gasteiger partial charge in [0, 0.05) is 47.2 Å². The minimum Gasteiger partial charge on any atom is -0.496 e. The van der Waals surface area contributed by atoms with Crippen molar-refractivity contribution in [2.24, 2.45) is 0 Å². The highest BCUT2D eigenvalue weighted by Crippen LogP contribution is 2.34. The number of amides is 2. The van der Waals surface area contributed by atoms with E-state index >= 15 is 0 Å². The van der Waals surface area contributed by atoms with Crippen molar-refractivity contribution in [2.75, 3.05) is 38.7 Å². The van der Waals surface area contributed by atoms with Crippen molar-refractivity contribution in [3.63, 3.8) is 0 Å². The van der Waals surface area contributed by atoms with Gasteiger partial charge in [0.25, 0.3) is 11.8 Å². The number of carbonyl (C=O) groups excluding carboxylic acids is 2. The van der Waals surface area contributed by atoms with Crippen molar-refractivity contribution in [2.45, 2.75) is 64.0 Å². The molecule has 2 N–H and O–H groups in total. The number of nitrogens with zero attached hydrogens (tertiary/aromatic N) is 3. The molecule has 0 radical (unpaired) electrons. The maximum Gasteiger partial charge on any atom is 0.257 e. The fraction of sp³-hybridized carbons (Fsp3) is 0.469. The first kappa shape index (κ1) is 29.2. The maximum atomic E-state index is 13.1. The molecule has 2 aliphatic heterocycles. The second-order valence-electron chi connectivity index (χ2n) is 10.9. The van der Waals surface area contributed by atoms with Crippen LogP contribution in [0.25, 0.3) is 11.3 Å². The molecule has 218 valence electrons. The Morgan fingerprint density at radius 3 is 2.54 bits per heavy atom. The third-order valence-electron chi connectivity index (χ3n) is 8.33. The summed E-state index contributed by atoms with van der Waals surface area (Å²) in [5.41, 5.74) is 3.98. The van der Waals surface area contributed by atoms with Crippen molar-refractivity contribution in [3.8, 4) is 17.0 Å². The van der Waals surface area contributed by atoms with Crippen molar-refractivity contribution in [1.82, 2.24) is 14.8 Å². The highest BCUT2D eigenvalue weighted by Gasteiger charge is 2.33. The zero-order chi connectivity index (χ0) is 28.8. The highest BCUT2D eigenvalue weighted by atomic mass is 32.1. The van der Waals surface area contributed by atoms with Gasteiger partial charge in [0.05, 0.1) is 19.4 Å². The summed E-state index contributed by atoms with van der Waals surface area (Å²) in [5.74, 6) is 0.483. The number of ether oxygens (including phenoxy) is 1. The molecule has 1 atom stereocenters. The minimum absolute atomic E-state index is 0.00443. The van der Waals surface area contributed by atoms with E-state index in [1.807, 2.05) is 16.3 Å². The summed E-state index contributed by atoms with van der Waals surface area (Å²) in [7, 11) is 1.65. The van der Waals surface area contributed by atoms with Gasteiger partial charge in [-0.25, -0.2) is 4.98 Å². The number of unbranched alkanes of at least 4 members (excludes halogenated alkanes) is 1. The fourth-order valence-corrected chi connectivity index (χ4v) is 6.70. The van der Waals surface area contributed by atoms with Gasteiger partial charge >= 0.3 is 0 Å². The number of hydrogen-bond donors (Lipinski definition) is 2. The van der Waals surface area contributed by atoms with Gasteiger partial charge in [-0.15, -0.1) is 11.3 Å². The molecular formula is C32H40N4O4S. The zero-order valence-electron chi connectivity index (χ0n) is 24.0. The monoisotopic (exact) mass is 576 g/mol. The van der Waals surface area contributed by atoms with Crippen LogP contribution in [0.1, 0.15) is 71.7 Å². The van der Waals surface area contributed by atoms with E-state index in [0.29, 0.717) is 35.4 Å². The average Bonchev–Trinajstić information content (AvgIpc) is 3.69. The summed E-state index contributed by atoms with van der Waals surface area (Å²) >= 11 is 1.37. The molecule has 1 unspecified atom stereocenters. The number of aliphatic hydroxyl groups is 1. The molecular weight excluding hydrogens is 536 g/mol. The predicted octanol–water partition coefficient (Wildman–Crippen LogP) is 5.47. The lowest BCUT2D eigenvalue weighted by Gasteiger charge is -2.39. The lowest BCUT2D eigenvalue weighted by atomic mass is 10.0. The Morgan fingerprint density at radius 2 is 1.83 bits per heavy atom. The van der Waals surface area contributed by atoms with Crippen LogP contribution in [0, 0.1) is 0 Å². The van der Waals surface area contributed by atoms with Gasteiger partial charge in [-0.05, 0) is 87.0 Å². The van der Waals surface area contributed by atoms with E-state index in [2.05, 4.69) is 34.3 Å². The molecule has 0 spiro atoms. The Labute approximate surface area is 246 Å². The molecule has 0 aliphatic carbocycles. The highest BCUT2D eigenvalue weighted by molar-refractivity contribution is 7.14. The van der Waals surface area contributed by atoms with Crippen LogP contribution in [0.4, 0.5) is 5.13 Å². The fourth-order valence-electron chi connectivity index (χ4n) is 6.00. The maximum absolute atomic E-state index is 13.1. The van der Waals surface area contributed by atoms with E-state index in [1.165, 1.54) is 16.9 Å². The first-order valence-corrected chi connectivity index (χ1v) is 15.6. The number of piperidine rings is 1. The van der Waals surface area contributed by atoms with E-state index in [0.717, 1.165) is 68.5 Å². The molecule has 8 nitrogen and oxygen atoms in total. The summed E-state index contributed by atoms with van der Waals surface area (Å²) < 4.78 is 5.57. The molecule has 3 aromatic rings.